The van der Waals surface area contributed by atoms with Crippen molar-refractivity contribution in [1.82, 2.24) is 0 Å². The third-order valence-electron chi connectivity index (χ3n) is 2.89. The maximum Gasteiger partial charge on any atom is 0.161 e. The van der Waals surface area contributed by atoms with Gasteiger partial charge in [-0.2, -0.15) is 0 Å². The Kier molecular flexibility index (Phi) is 6.36. The van der Waals surface area contributed by atoms with E-state index in [1.54, 1.807) is 7.11 Å². The van der Waals surface area contributed by atoms with Crippen LogP contribution in [0.25, 0.3) is 11.1 Å². The first-order chi connectivity index (χ1) is 9.24. The van der Waals surface area contributed by atoms with Crippen molar-refractivity contribution in [2.24, 2.45) is 5.73 Å². The van der Waals surface area contributed by atoms with Crippen molar-refractivity contribution in [1.29, 1.82) is 0 Å². The van der Waals surface area contributed by atoms with E-state index < -0.39 is 0 Å². The zero-order valence-electron chi connectivity index (χ0n) is 11.8. The van der Waals surface area contributed by atoms with E-state index in [4.69, 9.17) is 15.2 Å². The second kappa shape index (κ2) is 7.78. The highest BCUT2D eigenvalue weighted by molar-refractivity contribution is 5.85. The normalized spacial score (nSPS) is 9.75. The first-order valence-electron chi connectivity index (χ1n) is 6.32. The lowest BCUT2D eigenvalue weighted by molar-refractivity contribution is 0.302. The van der Waals surface area contributed by atoms with Gasteiger partial charge in [0.05, 0.1) is 7.11 Å². The zero-order valence-corrected chi connectivity index (χ0v) is 12.6. The van der Waals surface area contributed by atoms with Crippen LogP contribution in [0.15, 0.2) is 42.5 Å². The van der Waals surface area contributed by atoms with E-state index in [9.17, 15) is 0 Å². The molecule has 4 heteroatoms. The van der Waals surface area contributed by atoms with Gasteiger partial charge in [-0.05, 0) is 30.2 Å². The number of rotatable bonds is 5. The van der Waals surface area contributed by atoms with Gasteiger partial charge in [0.15, 0.2) is 11.5 Å². The summed E-state index contributed by atoms with van der Waals surface area (Å²) in [5.41, 5.74) is 8.96. The number of hydrogen-bond acceptors (Lipinski definition) is 3. The predicted molar refractivity (Wildman–Crippen MR) is 85.0 cm³/mol. The fraction of sp³-hybridized carbons (Fsp3) is 0.250. The van der Waals surface area contributed by atoms with Crippen LogP contribution in [0, 0.1) is 6.92 Å². The monoisotopic (exact) mass is 293 g/mol. The molecule has 0 saturated heterocycles. The molecule has 2 aromatic rings. The number of methoxy groups -OCH3 is 1. The number of ether oxygens (including phenoxy) is 2. The highest BCUT2D eigenvalue weighted by Crippen LogP contribution is 2.32. The quantitative estimate of drug-likeness (QED) is 0.918. The van der Waals surface area contributed by atoms with Gasteiger partial charge >= 0.3 is 0 Å². The Morgan fingerprint density at radius 1 is 1.00 bits per heavy atom. The highest BCUT2D eigenvalue weighted by atomic mass is 35.5. The van der Waals surface area contributed by atoms with Crippen molar-refractivity contribution >= 4 is 12.4 Å². The molecule has 20 heavy (non-hydrogen) atoms. The van der Waals surface area contributed by atoms with Crippen LogP contribution >= 0.6 is 12.4 Å². The Bertz CT molecular complexity index is 558. The zero-order chi connectivity index (χ0) is 13.7. The van der Waals surface area contributed by atoms with Crippen LogP contribution in [0.5, 0.6) is 11.5 Å². The van der Waals surface area contributed by atoms with Crippen LogP contribution in [0.4, 0.5) is 0 Å². The van der Waals surface area contributed by atoms with Crippen LogP contribution in [-0.2, 0) is 0 Å². The summed E-state index contributed by atoms with van der Waals surface area (Å²) in [6.07, 6.45) is 0. The molecule has 0 amide bonds. The minimum absolute atomic E-state index is 0. The Morgan fingerprint density at radius 3 is 2.40 bits per heavy atom. The Hall–Kier alpha value is -1.71. The van der Waals surface area contributed by atoms with Crippen LogP contribution in [-0.4, -0.2) is 20.3 Å². The second-order valence-corrected chi connectivity index (χ2v) is 4.37. The number of nitrogens with two attached hydrogens (primary N) is 1. The summed E-state index contributed by atoms with van der Waals surface area (Å²) in [5.74, 6) is 1.46. The first kappa shape index (κ1) is 16.3. The molecule has 0 radical (unpaired) electrons. The lowest BCUT2D eigenvalue weighted by Gasteiger charge is -2.12. The summed E-state index contributed by atoms with van der Waals surface area (Å²) >= 11 is 0. The molecule has 2 N–H and O–H groups in total. The predicted octanol–water partition coefficient (Wildman–Crippen LogP) is 3.43. The summed E-state index contributed by atoms with van der Waals surface area (Å²) in [4.78, 5) is 0. The molecule has 0 spiro atoms. The van der Waals surface area contributed by atoms with E-state index in [0.717, 1.165) is 17.1 Å². The molecule has 2 rings (SSSR count). The molecule has 0 aliphatic heterocycles. The van der Waals surface area contributed by atoms with Crippen molar-refractivity contribution in [3.63, 3.8) is 0 Å². The highest BCUT2D eigenvalue weighted by Gasteiger charge is 2.07. The van der Waals surface area contributed by atoms with Gasteiger partial charge in [-0.25, -0.2) is 0 Å². The summed E-state index contributed by atoms with van der Waals surface area (Å²) in [6, 6.07) is 14.3. The molecule has 3 nitrogen and oxygen atoms in total. The number of hydrogen-bond donors (Lipinski definition) is 1. The van der Waals surface area contributed by atoms with Crippen molar-refractivity contribution in [2.75, 3.05) is 20.3 Å². The molecule has 0 bridgehead atoms. The van der Waals surface area contributed by atoms with E-state index in [2.05, 4.69) is 31.2 Å². The van der Waals surface area contributed by atoms with Crippen LogP contribution in [0.2, 0.25) is 0 Å². The third kappa shape index (κ3) is 3.89. The fourth-order valence-electron chi connectivity index (χ4n) is 1.96. The van der Waals surface area contributed by atoms with Crippen LogP contribution < -0.4 is 15.2 Å². The minimum Gasteiger partial charge on any atom is -0.493 e. The largest absolute Gasteiger partial charge is 0.493 e. The topological polar surface area (TPSA) is 44.5 Å². The Morgan fingerprint density at radius 2 is 1.75 bits per heavy atom. The number of halogens is 1. The van der Waals surface area contributed by atoms with Gasteiger partial charge in [0.1, 0.15) is 6.61 Å². The lowest BCUT2D eigenvalue weighted by Crippen LogP contribution is -2.11. The molecule has 0 heterocycles. The molecule has 108 valence electrons. The second-order valence-electron chi connectivity index (χ2n) is 4.37. The van der Waals surface area contributed by atoms with E-state index in [-0.39, 0.29) is 12.4 Å². The Balaban J connectivity index is 0.00000200. The molecule has 0 aliphatic rings. The molecule has 0 aromatic heterocycles. The molecule has 2 aromatic carbocycles. The molecular weight excluding hydrogens is 274 g/mol. The molecular formula is C16H20ClNO2. The van der Waals surface area contributed by atoms with E-state index >= 15 is 0 Å². The van der Waals surface area contributed by atoms with Crippen LogP contribution in [0.3, 0.4) is 0 Å². The van der Waals surface area contributed by atoms with Gasteiger partial charge in [-0.15, -0.1) is 12.4 Å². The molecule has 0 aliphatic carbocycles. The molecule has 0 saturated carbocycles. The van der Waals surface area contributed by atoms with E-state index in [0.29, 0.717) is 13.2 Å². The van der Waals surface area contributed by atoms with Crippen molar-refractivity contribution in [3.8, 4) is 22.6 Å². The van der Waals surface area contributed by atoms with Gasteiger partial charge in [0.25, 0.3) is 0 Å². The fourth-order valence-corrected chi connectivity index (χ4v) is 1.96. The maximum absolute atomic E-state index is 5.54. The summed E-state index contributed by atoms with van der Waals surface area (Å²) in [6.45, 7) is 3.06. The van der Waals surface area contributed by atoms with E-state index in [1.807, 2.05) is 18.2 Å². The number of benzene rings is 2. The first-order valence-corrected chi connectivity index (χ1v) is 6.32. The maximum atomic E-state index is 5.54. The summed E-state index contributed by atoms with van der Waals surface area (Å²) in [5, 5.41) is 0. The SMILES string of the molecule is COc1cc(-c2cccc(C)c2)ccc1OCCN.Cl. The van der Waals surface area contributed by atoms with Gasteiger partial charge in [0, 0.05) is 6.54 Å². The van der Waals surface area contributed by atoms with Crippen molar-refractivity contribution < 1.29 is 9.47 Å². The standard InChI is InChI=1S/C16H19NO2.ClH/c1-12-4-3-5-13(10-12)14-6-7-15(19-9-8-17)16(11-14)18-2;/h3-7,10-11H,8-9,17H2,1-2H3;1H. The average molecular weight is 294 g/mol. The average Bonchev–Trinajstić information content (AvgIpc) is 2.45. The lowest BCUT2D eigenvalue weighted by atomic mass is 10.0. The molecule has 0 unspecified atom stereocenters. The van der Waals surface area contributed by atoms with Gasteiger partial charge in [-0.1, -0.05) is 35.9 Å². The Labute approximate surface area is 126 Å². The summed E-state index contributed by atoms with van der Waals surface area (Å²) < 4.78 is 10.9. The van der Waals surface area contributed by atoms with Crippen LogP contribution in [0.1, 0.15) is 5.56 Å². The molecule has 0 atom stereocenters. The minimum atomic E-state index is 0. The smallest absolute Gasteiger partial charge is 0.161 e. The number of aryl methyl sites for hydroxylation is 1. The van der Waals surface area contributed by atoms with Gasteiger partial charge in [-0.3, -0.25) is 0 Å². The van der Waals surface area contributed by atoms with Gasteiger partial charge < -0.3 is 15.2 Å². The van der Waals surface area contributed by atoms with Crippen molar-refractivity contribution in [3.05, 3.63) is 48.0 Å². The van der Waals surface area contributed by atoms with E-state index in [1.165, 1.54) is 11.1 Å². The van der Waals surface area contributed by atoms with Gasteiger partial charge in [0.2, 0.25) is 0 Å². The summed E-state index contributed by atoms with van der Waals surface area (Å²) in [7, 11) is 1.64. The third-order valence-corrected chi connectivity index (χ3v) is 2.89. The molecule has 0 fully saturated rings. The van der Waals surface area contributed by atoms with Crippen molar-refractivity contribution in [2.45, 2.75) is 6.92 Å².